The molecule has 0 radical (unpaired) electrons. The Labute approximate surface area is 70.2 Å². The Balaban J connectivity index is 0. The molecule has 0 atom stereocenters. The van der Waals surface area contributed by atoms with Gasteiger partial charge in [-0.25, -0.2) is 0 Å². The van der Waals surface area contributed by atoms with Gasteiger partial charge in [0, 0.05) is 0 Å². The summed E-state index contributed by atoms with van der Waals surface area (Å²) in [6, 6.07) is 0. The van der Waals surface area contributed by atoms with Crippen molar-refractivity contribution in [2.75, 3.05) is 0 Å². The van der Waals surface area contributed by atoms with Crippen LogP contribution in [-0.2, 0) is 70.2 Å². The molecule has 0 spiro atoms. The van der Waals surface area contributed by atoms with E-state index < -0.39 is 0 Å². The first-order valence-electron chi connectivity index (χ1n) is 0. The zero-order valence-electron chi connectivity index (χ0n) is 2.95. The van der Waals surface area contributed by atoms with E-state index in [2.05, 4.69) is 0 Å². The minimum Gasteiger partial charge on any atom is -2.00 e. The summed E-state index contributed by atoms with van der Waals surface area (Å²) in [7, 11) is 0. The summed E-state index contributed by atoms with van der Waals surface area (Å²) in [5.41, 5.74) is 0. The van der Waals surface area contributed by atoms with E-state index in [0.29, 0.717) is 0 Å². The van der Waals surface area contributed by atoms with Crippen molar-refractivity contribution in [2.45, 2.75) is 0 Å². The SMILES string of the molecule is [O-2].[O-2].[O-2].[O-2].[O-2].[Ti+4].[W+6]. The molecule has 0 aromatic rings. The van der Waals surface area contributed by atoms with Crippen LogP contribution in [0.5, 0.6) is 0 Å². The van der Waals surface area contributed by atoms with Gasteiger partial charge in [0.15, 0.2) is 0 Å². The van der Waals surface area contributed by atoms with Gasteiger partial charge in [0.05, 0.1) is 0 Å². The van der Waals surface area contributed by atoms with Crippen molar-refractivity contribution in [3.8, 4) is 0 Å². The molecule has 0 aliphatic rings. The second-order valence-corrected chi connectivity index (χ2v) is 0. The summed E-state index contributed by atoms with van der Waals surface area (Å²) in [5.74, 6) is 0. The van der Waals surface area contributed by atoms with Crippen LogP contribution in [0.3, 0.4) is 0 Å². The molecule has 7 heteroatoms. The summed E-state index contributed by atoms with van der Waals surface area (Å²) in [4.78, 5) is 0. The molecule has 0 saturated heterocycles. The van der Waals surface area contributed by atoms with Crippen molar-refractivity contribution >= 4 is 0 Å². The van der Waals surface area contributed by atoms with Crippen LogP contribution in [0.25, 0.3) is 0 Å². The van der Waals surface area contributed by atoms with Crippen LogP contribution in [0.2, 0.25) is 0 Å². The van der Waals surface area contributed by atoms with Gasteiger partial charge in [-0.05, 0) is 0 Å². The van der Waals surface area contributed by atoms with E-state index in [9.17, 15) is 0 Å². The fourth-order valence-corrected chi connectivity index (χ4v) is 0. The summed E-state index contributed by atoms with van der Waals surface area (Å²) >= 11 is 0. The molecule has 0 aromatic heterocycles. The molecule has 7 heavy (non-hydrogen) atoms. The molecule has 0 aromatic carbocycles. The standard InChI is InChI=1S/5O.Ti.W/q5*-2;+4;+6. The zero-order valence-corrected chi connectivity index (χ0v) is 7.44. The quantitative estimate of drug-likeness (QED) is 0.526. The fraction of sp³-hybridized carbons (Fsp3) is 0. The van der Waals surface area contributed by atoms with Crippen molar-refractivity contribution in [3.63, 3.8) is 0 Å². The molecular weight excluding hydrogens is 312 g/mol. The Kier molecular flexibility index (Phi) is 8050. The van der Waals surface area contributed by atoms with Gasteiger partial charge in [0.2, 0.25) is 0 Å². The molecular formula is O5TiW. The third-order valence-electron chi connectivity index (χ3n) is 0. The molecule has 0 aliphatic heterocycles. The Hall–Kier alpha value is 1.20. The van der Waals surface area contributed by atoms with Crippen LogP contribution in [0.4, 0.5) is 0 Å². The van der Waals surface area contributed by atoms with E-state index >= 15 is 0 Å². The minimum atomic E-state index is 0. The third-order valence-corrected chi connectivity index (χ3v) is 0. The van der Waals surface area contributed by atoms with Crippen LogP contribution >= 0.6 is 0 Å². The first-order chi connectivity index (χ1) is 0. The number of hydrogen-bond acceptors (Lipinski definition) is 0. The van der Waals surface area contributed by atoms with E-state index in [1.165, 1.54) is 0 Å². The van der Waals surface area contributed by atoms with Gasteiger partial charge in [-0.15, -0.1) is 0 Å². The zero-order chi connectivity index (χ0) is 0. The monoisotopic (exact) mass is 312 g/mol. The Morgan fingerprint density at radius 1 is 0.429 bits per heavy atom. The van der Waals surface area contributed by atoms with Crippen LogP contribution in [0.1, 0.15) is 0 Å². The van der Waals surface area contributed by atoms with Crippen LogP contribution in [0.15, 0.2) is 0 Å². The normalized spacial score (nSPS) is 0. The van der Waals surface area contributed by atoms with Gasteiger partial charge in [0.25, 0.3) is 0 Å². The van der Waals surface area contributed by atoms with Gasteiger partial charge in [-0.2, -0.15) is 0 Å². The largest absolute Gasteiger partial charge is 6.00 e. The van der Waals surface area contributed by atoms with E-state index in [-0.39, 0.29) is 70.2 Å². The number of hydrogen-bond donors (Lipinski definition) is 0. The van der Waals surface area contributed by atoms with Gasteiger partial charge >= 0.3 is 42.8 Å². The van der Waals surface area contributed by atoms with Crippen molar-refractivity contribution in [1.82, 2.24) is 0 Å². The predicted octanol–water partition coefficient (Wildman–Crippen LogP) is -0.599. The molecule has 0 aliphatic carbocycles. The minimum absolute atomic E-state index is 0. The summed E-state index contributed by atoms with van der Waals surface area (Å²) < 4.78 is 0. The van der Waals surface area contributed by atoms with Crippen LogP contribution < -0.4 is 0 Å². The first kappa shape index (κ1) is 294. The second kappa shape index (κ2) is 192. The summed E-state index contributed by atoms with van der Waals surface area (Å²) in [6.45, 7) is 0. The molecule has 0 bridgehead atoms. The molecule has 0 amide bonds. The Morgan fingerprint density at radius 2 is 0.429 bits per heavy atom. The maximum atomic E-state index is 0. The number of rotatable bonds is 0. The van der Waals surface area contributed by atoms with Crippen LogP contribution in [0, 0.1) is 0 Å². The van der Waals surface area contributed by atoms with Crippen molar-refractivity contribution in [3.05, 3.63) is 0 Å². The average molecular weight is 312 g/mol. The smallest absolute Gasteiger partial charge is 2.00 e. The average Bonchev–Trinajstić information content (AvgIpc) is 0. The molecule has 0 rings (SSSR count). The molecule has 40 valence electrons. The third kappa shape index (κ3) is 135. The molecule has 0 N–H and O–H groups in total. The maximum absolute atomic E-state index is 0. The van der Waals surface area contributed by atoms with Crippen molar-refractivity contribution < 1.29 is 70.2 Å². The van der Waals surface area contributed by atoms with Gasteiger partial charge < -0.3 is 27.4 Å². The van der Waals surface area contributed by atoms with Gasteiger partial charge in [-0.1, -0.05) is 0 Å². The van der Waals surface area contributed by atoms with Crippen molar-refractivity contribution in [2.24, 2.45) is 0 Å². The maximum Gasteiger partial charge on any atom is 6.00 e. The second-order valence-electron chi connectivity index (χ2n) is 0. The predicted molar refractivity (Wildman–Crippen MR) is 3.43 cm³/mol. The van der Waals surface area contributed by atoms with Gasteiger partial charge in [0.1, 0.15) is 0 Å². The molecule has 0 saturated carbocycles. The van der Waals surface area contributed by atoms with E-state index in [1.807, 2.05) is 0 Å². The van der Waals surface area contributed by atoms with E-state index in [4.69, 9.17) is 0 Å². The summed E-state index contributed by atoms with van der Waals surface area (Å²) in [5, 5.41) is 0. The van der Waals surface area contributed by atoms with Crippen LogP contribution in [-0.4, -0.2) is 0 Å². The first-order valence-corrected chi connectivity index (χ1v) is 0. The Bertz CT molecular complexity index is 8.04. The van der Waals surface area contributed by atoms with E-state index in [1.54, 1.807) is 0 Å². The molecule has 5 nitrogen and oxygen atoms in total. The molecule has 0 heterocycles. The fourth-order valence-electron chi connectivity index (χ4n) is 0. The van der Waals surface area contributed by atoms with E-state index in [0.717, 1.165) is 0 Å². The Morgan fingerprint density at radius 3 is 0.429 bits per heavy atom. The molecule has 0 fully saturated rings. The summed E-state index contributed by atoms with van der Waals surface area (Å²) in [6.07, 6.45) is 0. The van der Waals surface area contributed by atoms with Crippen molar-refractivity contribution in [1.29, 1.82) is 0 Å². The van der Waals surface area contributed by atoms with Gasteiger partial charge in [-0.3, -0.25) is 0 Å². The molecule has 0 unspecified atom stereocenters. The topological polar surface area (TPSA) is 142 Å².